The summed E-state index contributed by atoms with van der Waals surface area (Å²) in [7, 11) is 0. The summed E-state index contributed by atoms with van der Waals surface area (Å²) < 4.78 is 0. The molecule has 0 radical (unpaired) electrons. The van der Waals surface area contributed by atoms with Crippen LogP contribution < -0.4 is 0 Å². The van der Waals surface area contributed by atoms with Crippen molar-refractivity contribution < 1.29 is 5.11 Å². The first-order chi connectivity index (χ1) is 5.99. The van der Waals surface area contributed by atoms with Gasteiger partial charge in [0.15, 0.2) is 0 Å². The topological polar surface area (TPSA) is 20.2 Å². The van der Waals surface area contributed by atoms with Crippen LogP contribution in [0.1, 0.15) is 19.4 Å². The first-order valence-electron chi connectivity index (χ1n) is 3.99. The zero-order valence-electron chi connectivity index (χ0n) is 7.63. The molecule has 0 amide bonds. The molecule has 0 saturated carbocycles. The Hall–Kier alpha value is -0.970. The van der Waals surface area contributed by atoms with Crippen LogP contribution in [0.25, 0.3) is 0 Å². The molecule has 68 valence electrons. The minimum Gasteiger partial charge on any atom is -0.378 e. The molecule has 0 unspecified atom stereocenters. The predicted molar refractivity (Wildman–Crippen MR) is 54.6 cm³/mol. The van der Waals surface area contributed by atoms with Crippen LogP contribution >= 0.6 is 11.6 Å². The summed E-state index contributed by atoms with van der Waals surface area (Å²) in [6, 6.07) is 7.30. The van der Waals surface area contributed by atoms with Crippen LogP contribution in [-0.2, 0) is 0 Å². The van der Waals surface area contributed by atoms with Gasteiger partial charge in [0.05, 0.1) is 5.02 Å². The van der Waals surface area contributed by atoms with E-state index >= 15 is 0 Å². The molecular formula is C11H11ClO. The Morgan fingerprint density at radius 3 is 2.46 bits per heavy atom. The number of halogens is 1. The number of rotatable bonds is 0. The van der Waals surface area contributed by atoms with Gasteiger partial charge in [-0.15, -0.1) is 0 Å². The maximum absolute atomic E-state index is 9.35. The lowest BCUT2D eigenvalue weighted by molar-refractivity contribution is 0.143. The molecule has 2 heteroatoms. The standard InChI is InChI=1S/C11H11ClO/c1-11(2,13)8-7-9-5-3-4-6-10(9)12/h3-6,13H,1-2H3. The molecule has 1 aromatic rings. The van der Waals surface area contributed by atoms with Crippen molar-refractivity contribution in [1.82, 2.24) is 0 Å². The van der Waals surface area contributed by atoms with Gasteiger partial charge < -0.3 is 5.11 Å². The lowest BCUT2D eigenvalue weighted by atomic mass is 10.1. The average molecular weight is 195 g/mol. The molecule has 1 aromatic carbocycles. The van der Waals surface area contributed by atoms with Crippen LogP contribution in [0, 0.1) is 11.8 Å². The molecule has 0 spiro atoms. The maximum atomic E-state index is 9.35. The lowest BCUT2D eigenvalue weighted by Crippen LogP contribution is -2.14. The van der Waals surface area contributed by atoms with Crippen molar-refractivity contribution >= 4 is 11.6 Å². The summed E-state index contributed by atoms with van der Waals surface area (Å²) in [4.78, 5) is 0. The normalized spacial score (nSPS) is 10.5. The van der Waals surface area contributed by atoms with Crippen LogP contribution in [-0.4, -0.2) is 10.7 Å². The predicted octanol–water partition coefficient (Wildman–Crippen LogP) is 2.46. The van der Waals surface area contributed by atoms with E-state index in [9.17, 15) is 5.11 Å². The second-order valence-electron chi connectivity index (χ2n) is 3.29. The fourth-order valence-corrected chi connectivity index (χ4v) is 0.966. The highest BCUT2D eigenvalue weighted by molar-refractivity contribution is 6.31. The third-order valence-electron chi connectivity index (χ3n) is 1.38. The molecule has 1 rings (SSSR count). The second kappa shape index (κ2) is 3.83. The molecule has 0 bridgehead atoms. The van der Waals surface area contributed by atoms with Gasteiger partial charge >= 0.3 is 0 Å². The van der Waals surface area contributed by atoms with Gasteiger partial charge in [0.1, 0.15) is 5.60 Å². The van der Waals surface area contributed by atoms with Crippen LogP contribution in [0.5, 0.6) is 0 Å². The van der Waals surface area contributed by atoms with Crippen molar-refractivity contribution in [3.8, 4) is 11.8 Å². The van der Waals surface area contributed by atoms with Gasteiger partial charge in [-0.3, -0.25) is 0 Å². The quantitative estimate of drug-likeness (QED) is 0.630. The number of hydrogen-bond acceptors (Lipinski definition) is 1. The molecule has 1 N–H and O–H groups in total. The first kappa shape index (κ1) is 10.1. The van der Waals surface area contributed by atoms with Crippen molar-refractivity contribution in [2.24, 2.45) is 0 Å². The zero-order valence-corrected chi connectivity index (χ0v) is 8.39. The van der Waals surface area contributed by atoms with E-state index < -0.39 is 5.60 Å². The molecule has 0 fully saturated rings. The molecule has 0 aromatic heterocycles. The van der Waals surface area contributed by atoms with Gasteiger partial charge in [-0.2, -0.15) is 0 Å². The van der Waals surface area contributed by atoms with E-state index in [-0.39, 0.29) is 0 Å². The Balaban J connectivity index is 2.97. The highest BCUT2D eigenvalue weighted by Crippen LogP contribution is 2.13. The zero-order chi connectivity index (χ0) is 9.90. The van der Waals surface area contributed by atoms with Gasteiger partial charge in [-0.1, -0.05) is 35.6 Å². The van der Waals surface area contributed by atoms with Gasteiger partial charge in [0.25, 0.3) is 0 Å². The van der Waals surface area contributed by atoms with E-state index in [2.05, 4.69) is 11.8 Å². The smallest absolute Gasteiger partial charge is 0.120 e. The Morgan fingerprint density at radius 1 is 1.31 bits per heavy atom. The van der Waals surface area contributed by atoms with Crippen LogP contribution in [0.3, 0.4) is 0 Å². The minimum atomic E-state index is -0.973. The van der Waals surface area contributed by atoms with E-state index in [0.717, 1.165) is 5.56 Å². The van der Waals surface area contributed by atoms with Crippen LogP contribution in [0.4, 0.5) is 0 Å². The fraction of sp³-hybridized carbons (Fsp3) is 0.273. The molecule has 0 atom stereocenters. The van der Waals surface area contributed by atoms with Gasteiger partial charge in [0.2, 0.25) is 0 Å². The molecule has 13 heavy (non-hydrogen) atoms. The molecule has 0 saturated heterocycles. The summed E-state index contributed by atoms with van der Waals surface area (Å²) in [5, 5.41) is 9.96. The first-order valence-corrected chi connectivity index (χ1v) is 4.37. The van der Waals surface area contributed by atoms with E-state index in [1.165, 1.54) is 0 Å². The van der Waals surface area contributed by atoms with Crippen molar-refractivity contribution in [2.45, 2.75) is 19.4 Å². The monoisotopic (exact) mass is 194 g/mol. The largest absolute Gasteiger partial charge is 0.378 e. The van der Waals surface area contributed by atoms with E-state index in [0.29, 0.717) is 5.02 Å². The van der Waals surface area contributed by atoms with Gasteiger partial charge in [0, 0.05) is 5.56 Å². The highest BCUT2D eigenvalue weighted by atomic mass is 35.5. The SMILES string of the molecule is CC(C)(O)C#Cc1ccccc1Cl. The molecular weight excluding hydrogens is 184 g/mol. The molecule has 0 heterocycles. The third kappa shape index (κ3) is 3.50. The van der Waals surface area contributed by atoms with Crippen LogP contribution in [0.2, 0.25) is 5.02 Å². The molecule has 0 aliphatic carbocycles. The summed E-state index contributed by atoms with van der Waals surface area (Å²) >= 11 is 5.87. The molecule has 0 aliphatic heterocycles. The Morgan fingerprint density at radius 2 is 1.92 bits per heavy atom. The summed E-state index contributed by atoms with van der Waals surface area (Å²) in [6.07, 6.45) is 0. The summed E-state index contributed by atoms with van der Waals surface area (Å²) in [5.41, 5.74) is -0.231. The summed E-state index contributed by atoms with van der Waals surface area (Å²) in [6.45, 7) is 3.27. The number of hydrogen-bond donors (Lipinski definition) is 1. The lowest BCUT2D eigenvalue weighted by Gasteiger charge is -2.06. The van der Waals surface area contributed by atoms with E-state index in [1.54, 1.807) is 19.9 Å². The Labute approximate surface area is 83.4 Å². The Kier molecular flexibility index (Phi) is 2.98. The second-order valence-corrected chi connectivity index (χ2v) is 3.70. The molecule has 1 nitrogen and oxygen atoms in total. The summed E-state index contributed by atoms with van der Waals surface area (Å²) in [5.74, 6) is 5.52. The van der Waals surface area contributed by atoms with Crippen molar-refractivity contribution in [2.75, 3.05) is 0 Å². The van der Waals surface area contributed by atoms with Crippen molar-refractivity contribution in [3.63, 3.8) is 0 Å². The average Bonchev–Trinajstić information content (AvgIpc) is 2.01. The van der Waals surface area contributed by atoms with Crippen LogP contribution in [0.15, 0.2) is 24.3 Å². The Bertz CT molecular complexity index is 352. The fourth-order valence-electron chi connectivity index (χ4n) is 0.783. The van der Waals surface area contributed by atoms with Gasteiger partial charge in [-0.25, -0.2) is 0 Å². The highest BCUT2D eigenvalue weighted by Gasteiger charge is 2.05. The maximum Gasteiger partial charge on any atom is 0.120 e. The molecule has 0 aliphatic rings. The van der Waals surface area contributed by atoms with Crippen molar-refractivity contribution in [1.29, 1.82) is 0 Å². The van der Waals surface area contributed by atoms with E-state index in [1.807, 2.05) is 18.2 Å². The van der Waals surface area contributed by atoms with E-state index in [4.69, 9.17) is 11.6 Å². The number of aliphatic hydroxyl groups is 1. The van der Waals surface area contributed by atoms with Gasteiger partial charge in [-0.05, 0) is 26.0 Å². The van der Waals surface area contributed by atoms with Crippen molar-refractivity contribution in [3.05, 3.63) is 34.9 Å². The minimum absolute atomic E-state index is 0.610. The third-order valence-corrected chi connectivity index (χ3v) is 1.71. The number of benzene rings is 1.